The van der Waals surface area contributed by atoms with Gasteiger partial charge in [-0.3, -0.25) is 24.4 Å². The second-order valence-corrected chi connectivity index (χ2v) is 9.35. The Morgan fingerprint density at radius 1 is 1.00 bits per heavy atom. The van der Waals surface area contributed by atoms with Crippen LogP contribution in [0.25, 0.3) is 17.0 Å². The van der Waals surface area contributed by atoms with E-state index in [1.165, 1.54) is 9.58 Å². The van der Waals surface area contributed by atoms with Crippen LogP contribution in [0.1, 0.15) is 44.0 Å². The van der Waals surface area contributed by atoms with Crippen molar-refractivity contribution in [1.82, 2.24) is 14.7 Å². The number of hydrogen-bond acceptors (Lipinski definition) is 3. The lowest BCUT2D eigenvalue weighted by atomic mass is 10.0. The van der Waals surface area contributed by atoms with Crippen molar-refractivity contribution >= 4 is 46.3 Å². The molecule has 4 rings (SSSR count). The first kappa shape index (κ1) is 24.0. The predicted molar refractivity (Wildman–Crippen MR) is 132 cm³/mol. The molecule has 0 fully saturated rings. The lowest BCUT2D eigenvalue weighted by molar-refractivity contribution is -0.577. The van der Waals surface area contributed by atoms with Gasteiger partial charge in [0.2, 0.25) is 0 Å². The lowest BCUT2D eigenvalue weighted by Gasteiger charge is -2.17. The molecular formula is C25H25Cl2N4O3+. The highest BCUT2D eigenvalue weighted by Crippen LogP contribution is 2.32. The number of benzene rings is 1. The predicted octanol–water partition coefficient (Wildman–Crippen LogP) is 4.17. The summed E-state index contributed by atoms with van der Waals surface area (Å²) in [7, 11) is 0. The third-order valence-corrected chi connectivity index (χ3v) is 6.48. The SMILES string of the molecule is CCCc1[nH]n(-c2ccc(Cl)c(Cl)c2)c(=O)c1C1=C([n+]2ccc(C)cc2)C(=O)N(C(C)C)C1=O. The largest absolute Gasteiger partial charge is 0.327 e. The van der Waals surface area contributed by atoms with E-state index in [-0.39, 0.29) is 22.9 Å². The number of nitrogens with zero attached hydrogens (tertiary/aromatic N) is 3. The molecule has 1 aliphatic rings. The monoisotopic (exact) mass is 499 g/mol. The molecule has 0 unspecified atom stereocenters. The van der Waals surface area contributed by atoms with Crippen LogP contribution >= 0.6 is 23.2 Å². The van der Waals surface area contributed by atoms with Gasteiger partial charge in [0.25, 0.3) is 17.2 Å². The van der Waals surface area contributed by atoms with Crippen LogP contribution in [0.5, 0.6) is 0 Å². The molecule has 0 radical (unpaired) electrons. The van der Waals surface area contributed by atoms with Crippen molar-refractivity contribution in [3.05, 3.63) is 79.9 Å². The molecule has 3 aromatic rings. The molecular weight excluding hydrogens is 475 g/mol. The first-order valence-corrected chi connectivity index (χ1v) is 11.8. The standard InChI is InChI=1S/C25H24Cl2N4O3/c1-5-6-19-20(24(33)31(28-19)16-7-8-17(26)18(27)13-16)21-22(29-11-9-15(4)10-12-29)25(34)30(14(2)3)23(21)32/h7-14H,5-6H2,1-4H3/p+1. The average molecular weight is 500 g/mol. The second-order valence-electron chi connectivity index (χ2n) is 8.53. The first-order chi connectivity index (χ1) is 16.1. The quantitative estimate of drug-likeness (QED) is 0.408. The Morgan fingerprint density at radius 3 is 2.26 bits per heavy atom. The van der Waals surface area contributed by atoms with Gasteiger partial charge in [0.15, 0.2) is 12.4 Å². The molecule has 0 saturated carbocycles. The lowest BCUT2D eigenvalue weighted by Crippen LogP contribution is -2.42. The Morgan fingerprint density at radius 2 is 1.68 bits per heavy atom. The van der Waals surface area contributed by atoms with E-state index < -0.39 is 17.4 Å². The number of halogens is 2. The number of amides is 2. The Labute approximate surface area is 207 Å². The van der Waals surface area contributed by atoms with E-state index in [4.69, 9.17) is 23.2 Å². The highest BCUT2D eigenvalue weighted by atomic mass is 35.5. The van der Waals surface area contributed by atoms with Crippen LogP contribution in [0, 0.1) is 6.92 Å². The van der Waals surface area contributed by atoms with Crippen LogP contribution in [0.2, 0.25) is 10.0 Å². The topological polar surface area (TPSA) is 79.1 Å². The molecule has 0 atom stereocenters. The van der Waals surface area contributed by atoms with Crippen LogP contribution in [0.4, 0.5) is 0 Å². The molecule has 1 aliphatic heterocycles. The Hall–Kier alpha value is -3.16. The van der Waals surface area contributed by atoms with Crippen molar-refractivity contribution in [2.45, 2.75) is 46.6 Å². The third-order valence-electron chi connectivity index (χ3n) is 5.74. The van der Waals surface area contributed by atoms with Gasteiger partial charge in [0.1, 0.15) is 5.57 Å². The average Bonchev–Trinajstić information content (AvgIpc) is 3.23. The van der Waals surface area contributed by atoms with Crippen molar-refractivity contribution in [3.63, 3.8) is 0 Å². The molecule has 3 heterocycles. The maximum atomic E-state index is 13.7. The highest BCUT2D eigenvalue weighted by molar-refractivity contribution is 6.44. The molecule has 0 aliphatic carbocycles. The van der Waals surface area contributed by atoms with Crippen LogP contribution < -0.4 is 10.1 Å². The van der Waals surface area contributed by atoms with Gasteiger partial charge in [-0.15, -0.1) is 0 Å². The minimum absolute atomic E-state index is 0.0936. The van der Waals surface area contributed by atoms with Gasteiger partial charge in [0, 0.05) is 23.9 Å². The fraction of sp³-hybridized carbons (Fsp3) is 0.280. The summed E-state index contributed by atoms with van der Waals surface area (Å²) in [5, 5.41) is 3.79. The number of aromatic amines is 1. The molecule has 0 spiro atoms. The minimum Gasteiger partial charge on any atom is -0.294 e. The summed E-state index contributed by atoms with van der Waals surface area (Å²) in [4.78, 5) is 42.0. The van der Waals surface area contributed by atoms with Gasteiger partial charge in [-0.2, -0.15) is 4.57 Å². The van der Waals surface area contributed by atoms with Gasteiger partial charge in [-0.25, -0.2) is 4.68 Å². The number of imide groups is 1. The van der Waals surface area contributed by atoms with Crippen LogP contribution in [-0.4, -0.2) is 32.5 Å². The van der Waals surface area contributed by atoms with Gasteiger partial charge in [0.05, 0.1) is 21.3 Å². The summed E-state index contributed by atoms with van der Waals surface area (Å²) in [6.07, 6.45) is 4.69. The summed E-state index contributed by atoms with van der Waals surface area (Å²) in [5.41, 5.74) is 2.07. The summed E-state index contributed by atoms with van der Waals surface area (Å²) < 4.78 is 2.94. The molecule has 0 saturated heterocycles. The fourth-order valence-electron chi connectivity index (χ4n) is 4.10. The Balaban J connectivity index is 2.02. The Kier molecular flexibility index (Phi) is 6.51. The number of hydrogen-bond donors (Lipinski definition) is 1. The van der Waals surface area contributed by atoms with E-state index in [0.717, 1.165) is 12.0 Å². The smallest absolute Gasteiger partial charge is 0.294 e. The number of carbonyl (C=O) groups excluding carboxylic acids is 2. The molecule has 0 bridgehead atoms. The molecule has 2 amide bonds. The van der Waals surface area contributed by atoms with E-state index in [0.29, 0.717) is 27.8 Å². The number of rotatable bonds is 6. The number of nitrogens with one attached hydrogen (secondary N) is 1. The van der Waals surface area contributed by atoms with E-state index in [2.05, 4.69) is 5.10 Å². The van der Waals surface area contributed by atoms with E-state index in [1.807, 2.05) is 26.0 Å². The van der Waals surface area contributed by atoms with Gasteiger partial charge >= 0.3 is 5.91 Å². The van der Waals surface area contributed by atoms with Crippen molar-refractivity contribution in [1.29, 1.82) is 0 Å². The maximum Gasteiger partial charge on any atom is 0.327 e. The zero-order valence-corrected chi connectivity index (χ0v) is 20.9. The van der Waals surface area contributed by atoms with Gasteiger partial charge < -0.3 is 0 Å². The van der Waals surface area contributed by atoms with E-state index >= 15 is 0 Å². The van der Waals surface area contributed by atoms with Gasteiger partial charge in [-0.1, -0.05) is 36.5 Å². The number of carbonyl (C=O) groups is 2. The summed E-state index contributed by atoms with van der Waals surface area (Å²) in [6, 6.07) is 8.16. The molecule has 7 nitrogen and oxygen atoms in total. The summed E-state index contributed by atoms with van der Waals surface area (Å²) in [5.74, 6) is -0.925. The zero-order chi connectivity index (χ0) is 24.7. The van der Waals surface area contributed by atoms with Crippen molar-refractivity contribution in [2.24, 2.45) is 0 Å². The van der Waals surface area contributed by atoms with E-state index in [1.54, 1.807) is 49.0 Å². The molecule has 34 heavy (non-hydrogen) atoms. The van der Waals surface area contributed by atoms with Crippen molar-refractivity contribution < 1.29 is 14.2 Å². The molecule has 2 aromatic heterocycles. The number of aryl methyl sites for hydroxylation is 2. The van der Waals surface area contributed by atoms with Crippen LogP contribution in [0.15, 0.2) is 47.5 Å². The summed E-state index contributed by atoms with van der Waals surface area (Å²) >= 11 is 12.2. The van der Waals surface area contributed by atoms with E-state index in [9.17, 15) is 14.4 Å². The van der Waals surface area contributed by atoms with Gasteiger partial charge in [-0.05, 0) is 51.0 Å². The number of H-pyrrole nitrogens is 1. The number of pyridine rings is 1. The van der Waals surface area contributed by atoms with Crippen molar-refractivity contribution in [2.75, 3.05) is 0 Å². The molecule has 1 aromatic carbocycles. The zero-order valence-electron chi connectivity index (χ0n) is 19.4. The molecule has 1 N–H and O–H groups in total. The Bertz CT molecular complexity index is 1380. The van der Waals surface area contributed by atoms with Crippen LogP contribution in [0.3, 0.4) is 0 Å². The molecule has 9 heteroatoms. The molecule has 176 valence electrons. The minimum atomic E-state index is -0.488. The van der Waals surface area contributed by atoms with Crippen molar-refractivity contribution in [3.8, 4) is 5.69 Å². The third kappa shape index (κ3) is 3.99. The maximum absolute atomic E-state index is 13.7. The fourth-order valence-corrected chi connectivity index (χ4v) is 4.39. The van der Waals surface area contributed by atoms with Crippen LogP contribution in [-0.2, 0) is 16.0 Å². The second kappa shape index (κ2) is 9.24. The summed E-state index contributed by atoms with van der Waals surface area (Å²) in [6.45, 7) is 7.45. The highest BCUT2D eigenvalue weighted by Gasteiger charge is 2.48. The number of aromatic nitrogens is 3. The normalized spacial score (nSPS) is 14.1. The first-order valence-electron chi connectivity index (χ1n) is 11.1.